The van der Waals surface area contributed by atoms with Crippen molar-refractivity contribution < 1.29 is 85.4 Å². The van der Waals surface area contributed by atoms with Crippen LogP contribution in [-0.2, 0) is 85.4 Å². The van der Waals surface area contributed by atoms with Crippen LogP contribution in [0, 0.1) is 35.5 Å². The lowest BCUT2D eigenvalue weighted by Gasteiger charge is -2.52. The topological polar surface area (TPSA) is 182 Å². The minimum Gasteiger partial charge on any atom is -0.459 e. The summed E-state index contributed by atoms with van der Waals surface area (Å²) in [6, 6.07) is 0. The van der Waals surface area contributed by atoms with E-state index < -0.39 is 103 Å². The molecule has 18 heteroatoms. The van der Waals surface area contributed by atoms with Crippen molar-refractivity contribution in [2.24, 2.45) is 35.5 Å². The first-order chi connectivity index (χ1) is 41.3. The smallest absolute Gasteiger partial charge is 0.308 e. The standard InChI is InChI=1S/C68H102O18/c1-13-21-73-68-33-66-20-19-45-24-37(6)46(74-45)17-15-43-23-35(4)40(9)49(75-43)29-52-60(81-56(70)27-44-16-18-47-61(76-44)62(84-66)63(85-68)64(78-47)65(68)86-66)41(10)59-53(77-52)30-50(71-11)51(80-59)25-42(69)26-54-57(72-12)38(7)31-67(82-54)32-39(8)58-55(83-67)28-48(79-58)36(5)22-34(3)14-2/h13,34-36,38-39,41,43-55,57-65H,1,6,9,14-33H2,2-5,7-8,10-12H3. The first kappa shape index (κ1) is 62.6. The van der Waals surface area contributed by atoms with Gasteiger partial charge in [-0.2, -0.15) is 0 Å². The molecule has 31 unspecified atom stereocenters. The average Bonchev–Trinajstić information content (AvgIpc) is 1.55. The molecule has 0 aromatic heterocycles. The lowest BCUT2D eigenvalue weighted by molar-refractivity contribution is -0.353. The number of fused-ring (bicyclic) bond motifs is 8. The number of esters is 1. The van der Waals surface area contributed by atoms with Crippen LogP contribution in [-0.4, -0.2) is 184 Å². The van der Waals surface area contributed by atoms with Crippen LogP contribution in [0.3, 0.4) is 0 Å². The fourth-order valence-corrected chi connectivity index (χ4v) is 18.6. The monoisotopic (exact) mass is 1210 g/mol. The molecule has 482 valence electrons. The van der Waals surface area contributed by atoms with Gasteiger partial charge in [0.2, 0.25) is 5.79 Å². The van der Waals surface area contributed by atoms with Gasteiger partial charge in [-0.3, -0.25) is 9.59 Å². The molecule has 86 heavy (non-hydrogen) atoms. The highest BCUT2D eigenvalue weighted by Gasteiger charge is 2.75. The number of ether oxygens (including phenoxy) is 16. The maximum atomic E-state index is 14.7. The molecule has 18 nitrogen and oxygen atoms in total. The highest BCUT2D eigenvalue weighted by atomic mass is 16.8. The molecule has 14 saturated heterocycles. The van der Waals surface area contributed by atoms with Crippen LogP contribution < -0.4 is 0 Å². The van der Waals surface area contributed by atoms with Crippen molar-refractivity contribution in [2.75, 3.05) is 20.8 Å². The third-order valence-electron chi connectivity index (χ3n) is 23.1. The molecule has 0 N–H and O–H groups in total. The van der Waals surface area contributed by atoms with Crippen LogP contribution in [0.15, 0.2) is 37.0 Å². The number of ketones is 1. The number of carbonyl (C=O) groups excluding carboxylic acids is 2. The summed E-state index contributed by atoms with van der Waals surface area (Å²) in [7, 11) is 3.38. The van der Waals surface area contributed by atoms with Crippen molar-refractivity contribution in [2.45, 2.75) is 322 Å². The summed E-state index contributed by atoms with van der Waals surface area (Å²) in [5.74, 6) is -2.14. The van der Waals surface area contributed by atoms with Gasteiger partial charge in [0.15, 0.2) is 11.6 Å². The van der Waals surface area contributed by atoms with Crippen LogP contribution in [0.1, 0.15) is 170 Å². The summed E-state index contributed by atoms with van der Waals surface area (Å²) >= 11 is 0. The van der Waals surface area contributed by atoms with E-state index in [9.17, 15) is 9.59 Å². The van der Waals surface area contributed by atoms with E-state index in [4.69, 9.17) is 75.8 Å². The van der Waals surface area contributed by atoms with Crippen LogP contribution in [0.5, 0.6) is 0 Å². The van der Waals surface area contributed by atoms with Gasteiger partial charge in [0, 0.05) is 71.5 Å². The van der Waals surface area contributed by atoms with E-state index in [1.807, 2.05) is 0 Å². The Balaban J connectivity index is 0.722. The van der Waals surface area contributed by atoms with E-state index >= 15 is 0 Å². The largest absolute Gasteiger partial charge is 0.459 e. The van der Waals surface area contributed by atoms with Crippen molar-refractivity contribution in [3.63, 3.8) is 0 Å². The Hall–Kier alpha value is -2.24. The number of hydrogen-bond acceptors (Lipinski definition) is 18. The van der Waals surface area contributed by atoms with E-state index in [-0.39, 0.29) is 110 Å². The van der Waals surface area contributed by atoms with Crippen molar-refractivity contribution in [3.05, 3.63) is 37.0 Å². The summed E-state index contributed by atoms with van der Waals surface area (Å²) in [4.78, 5) is 29.4. The van der Waals surface area contributed by atoms with E-state index in [0.717, 1.165) is 56.1 Å². The number of Topliss-reactive ketones (excluding diaryl/α,β-unsaturated/α-hetero) is 1. The van der Waals surface area contributed by atoms with E-state index in [2.05, 4.69) is 68.2 Å². The zero-order valence-corrected chi connectivity index (χ0v) is 52.9. The number of hydrogen-bond donors (Lipinski definition) is 0. The average molecular weight is 1210 g/mol. The lowest BCUT2D eigenvalue weighted by atomic mass is 9.78. The van der Waals surface area contributed by atoms with E-state index in [1.54, 1.807) is 20.3 Å². The van der Waals surface area contributed by atoms with Crippen LogP contribution in [0.2, 0.25) is 0 Å². The molecule has 0 aromatic rings. The fraction of sp³-hybridized carbons (Fsp3) is 0.882. The molecule has 14 aliphatic rings. The van der Waals surface area contributed by atoms with Gasteiger partial charge in [0.1, 0.15) is 42.4 Å². The maximum Gasteiger partial charge on any atom is 0.308 e. The summed E-state index contributed by atoms with van der Waals surface area (Å²) in [5, 5.41) is 0. The Morgan fingerprint density at radius 3 is 2.21 bits per heavy atom. The highest BCUT2D eigenvalue weighted by molar-refractivity contribution is 5.79. The summed E-state index contributed by atoms with van der Waals surface area (Å²) in [6.45, 7) is 29.0. The van der Waals surface area contributed by atoms with Crippen LogP contribution in [0.25, 0.3) is 0 Å². The van der Waals surface area contributed by atoms with E-state index in [1.165, 1.54) is 0 Å². The van der Waals surface area contributed by atoms with Crippen LogP contribution in [0.4, 0.5) is 0 Å². The second-order valence-corrected chi connectivity index (χ2v) is 29.3. The second-order valence-electron chi connectivity index (χ2n) is 29.3. The first-order valence-corrected chi connectivity index (χ1v) is 33.6. The molecule has 2 spiro atoms. The SMILES string of the molecule is C=CCOC12CC34CCC5CC(=C)C(CCC6CC(C)C(=C)C(CC7OC8CC(OC)C(CC(=O)CC9OC%10(CC(C)C9OC)CC(C)C9OC(C(C)CC(C)CC)CC9O%10)OC8C(C)C7OC(=O)CC7CCC8OC(C(O1)C(O3)C8O7)C2O4)O6)O5. The third kappa shape index (κ3) is 11.9. The van der Waals surface area contributed by atoms with Gasteiger partial charge < -0.3 is 75.8 Å². The van der Waals surface area contributed by atoms with Crippen molar-refractivity contribution in [1.82, 2.24) is 0 Å². The molecule has 0 radical (unpaired) electrons. The minimum absolute atomic E-state index is 0.00775. The highest BCUT2D eigenvalue weighted by Crippen LogP contribution is 2.60. The Morgan fingerprint density at radius 2 is 1.42 bits per heavy atom. The van der Waals surface area contributed by atoms with Gasteiger partial charge in [-0.15, -0.1) is 6.58 Å². The Kier molecular flexibility index (Phi) is 18.2. The summed E-state index contributed by atoms with van der Waals surface area (Å²) < 4.78 is 110. The predicted molar refractivity (Wildman–Crippen MR) is 312 cm³/mol. The summed E-state index contributed by atoms with van der Waals surface area (Å²) in [6.07, 6.45) is 5.49. The molecule has 0 aromatic carbocycles. The molecule has 0 aliphatic carbocycles. The van der Waals surface area contributed by atoms with Gasteiger partial charge in [0.25, 0.3) is 0 Å². The lowest BCUT2D eigenvalue weighted by Crippen LogP contribution is -2.62. The molecule has 12 bridgehead atoms. The fourth-order valence-electron chi connectivity index (χ4n) is 18.6. The Morgan fingerprint density at radius 1 is 0.663 bits per heavy atom. The number of methoxy groups -OCH3 is 2. The number of carbonyl (C=O) groups is 2. The second kappa shape index (κ2) is 25.0. The molecular weight excluding hydrogens is 1100 g/mol. The van der Waals surface area contributed by atoms with Crippen molar-refractivity contribution >= 4 is 11.8 Å². The molecule has 31 atom stereocenters. The molecule has 14 fully saturated rings. The van der Waals surface area contributed by atoms with Gasteiger partial charge in [-0.25, -0.2) is 0 Å². The minimum atomic E-state index is -1.07. The molecule has 14 rings (SSSR count). The van der Waals surface area contributed by atoms with Crippen molar-refractivity contribution in [3.8, 4) is 0 Å². The van der Waals surface area contributed by atoms with E-state index in [0.29, 0.717) is 69.6 Å². The first-order valence-electron chi connectivity index (χ1n) is 33.6. The Bertz CT molecular complexity index is 2480. The molecular formula is C68H102O18. The van der Waals surface area contributed by atoms with Gasteiger partial charge in [-0.1, -0.05) is 74.1 Å². The van der Waals surface area contributed by atoms with Gasteiger partial charge in [-0.05, 0) is 92.1 Å². The molecule has 0 saturated carbocycles. The molecule has 14 aliphatic heterocycles. The normalized spacial score (nSPS) is 51.4. The number of rotatable bonds is 13. The predicted octanol–water partition coefficient (Wildman–Crippen LogP) is 9.53. The van der Waals surface area contributed by atoms with Crippen molar-refractivity contribution in [1.29, 1.82) is 0 Å². The van der Waals surface area contributed by atoms with Gasteiger partial charge in [0.05, 0.1) is 117 Å². The summed E-state index contributed by atoms with van der Waals surface area (Å²) in [5.41, 5.74) is 2.09. The third-order valence-corrected chi connectivity index (χ3v) is 23.1. The quantitative estimate of drug-likeness (QED) is 0.125. The van der Waals surface area contributed by atoms with Crippen LogP contribution >= 0.6 is 0 Å². The Labute approximate surface area is 510 Å². The zero-order chi connectivity index (χ0) is 60.1. The molecule has 14 heterocycles. The zero-order valence-electron chi connectivity index (χ0n) is 52.9. The van der Waals surface area contributed by atoms with Gasteiger partial charge >= 0.3 is 5.97 Å². The maximum absolute atomic E-state index is 14.7. The molecule has 0 amide bonds.